The van der Waals surface area contributed by atoms with Gasteiger partial charge in [-0.1, -0.05) is 24.3 Å². The molecular weight excluding hydrogens is 456 g/mol. The molecule has 0 aliphatic rings. The van der Waals surface area contributed by atoms with Gasteiger partial charge in [0, 0.05) is 0 Å². The number of hydrogen-bond donors (Lipinski definition) is 2. The summed E-state index contributed by atoms with van der Waals surface area (Å²) in [5, 5.41) is 9.52. The Morgan fingerprint density at radius 1 is 0.727 bits per heavy atom. The first kappa shape index (κ1) is 22.6. The lowest BCUT2D eigenvalue weighted by atomic mass is 10.0. The van der Waals surface area contributed by atoms with Crippen molar-refractivity contribution in [1.82, 2.24) is 0 Å². The molecule has 2 aromatic heterocycles. The third kappa shape index (κ3) is 5.42. The zero-order chi connectivity index (χ0) is 23.2. The normalized spacial score (nSPS) is 10.5. The van der Waals surface area contributed by atoms with Crippen LogP contribution >= 0.6 is 22.7 Å². The van der Waals surface area contributed by atoms with E-state index in [4.69, 9.17) is 9.47 Å². The largest absolute Gasteiger partial charge is 0.495 e. The van der Waals surface area contributed by atoms with E-state index in [1.165, 1.54) is 22.7 Å². The highest BCUT2D eigenvalue weighted by Gasteiger charge is 2.14. The summed E-state index contributed by atoms with van der Waals surface area (Å²) in [4.78, 5) is 26.0. The Kier molecular flexibility index (Phi) is 7.07. The van der Waals surface area contributed by atoms with E-state index in [1.807, 2.05) is 59.3 Å². The van der Waals surface area contributed by atoms with Gasteiger partial charge in [0.15, 0.2) is 0 Å². The van der Waals surface area contributed by atoms with Crippen LogP contribution in [0.15, 0.2) is 71.4 Å². The quantitative estimate of drug-likeness (QED) is 0.329. The first-order valence-electron chi connectivity index (χ1n) is 10.1. The zero-order valence-electron chi connectivity index (χ0n) is 18.1. The van der Waals surface area contributed by atoms with Crippen molar-refractivity contribution in [3.8, 4) is 11.5 Å². The molecule has 0 atom stereocenters. The molecule has 0 aliphatic carbocycles. The fourth-order valence-electron chi connectivity index (χ4n) is 3.32. The van der Waals surface area contributed by atoms with Gasteiger partial charge in [0.25, 0.3) is 11.8 Å². The van der Waals surface area contributed by atoms with Crippen LogP contribution in [-0.2, 0) is 6.42 Å². The zero-order valence-corrected chi connectivity index (χ0v) is 19.7. The molecule has 0 unspecified atom stereocenters. The number of ether oxygens (including phenoxy) is 2. The van der Waals surface area contributed by atoms with Gasteiger partial charge >= 0.3 is 0 Å². The lowest BCUT2D eigenvalue weighted by Gasteiger charge is -2.13. The fourth-order valence-corrected chi connectivity index (χ4v) is 4.55. The van der Waals surface area contributed by atoms with Gasteiger partial charge in [0.05, 0.1) is 35.3 Å². The number of methoxy groups -OCH3 is 2. The fraction of sp³-hybridized carbons (Fsp3) is 0.120. The van der Waals surface area contributed by atoms with E-state index in [0.29, 0.717) is 39.0 Å². The molecule has 168 valence electrons. The summed E-state index contributed by atoms with van der Waals surface area (Å²) in [6, 6.07) is 18.6. The summed E-state index contributed by atoms with van der Waals surface area (Å²) in [5.74, 6) is 0.843. The van der Waals surface area contributed by atoms with Crippen molar-refractivity contribution >= 4 is 45.9 Å². The summed E-state index contributed by atoms with van der Waals surface area (Å²) < 4.78 is 11.0. The SMILES string of the molecule is COc1cc(Cc2ccc(NC(=O)c3cccs3)c(OC)c2)ccc1NC(=O)c1cccs1. The highest BCUT2D eigenvalue weighted by atomic mass is 32.1. The third-order valence-electron chi connectivity index (χ3n) is 4.93. The number of hydrogen-bond acceptors (Lipinski definition) is 6. The Morgan fingerprint density at radius 2 is 1.18 bits per heavy atom. The van der Waals surface area contributed by atoms with Gasteiger partial charge in [-0.15, -0.1) is 22.7 Å². The average Bonchev–Trinajstić information content (AvgIpc) is 3.55. The van der Waals surface area contributed by atoms with Gasteiger partial charge in [-0.2, -0.15) is 0 Å². The van der Waals surface area contributed by atoms with Crippen LogP contribution in [0.3, 0.4) is 0 Å². The molecule has 2 heterocycles. The predicted octanol–water partition coefficient (Wildman–Crippen LogP) is 5.92. The standard InChI is InChI=1S/C25H22N2O4S2/c1-30-20-14-16(7-9-18(20)26-24(28)22-5-3-11-32-22)13-17-8-10-19(21(15-17)31-2)27-25(29)23-6-4-12-33-23/h3-12,14-15H,13H2,1-2H3,(H,26,28)(H,27,29). The summed E-state index contributed by atoms with van der Waals surface area (Å²) in [6.45, 7) is 0. The number of amides is 2. The second-order valence-electron chi connectivity index (χ2n) is 7.11. The van der Waals surface area contributed by atoms with Crippen molar-refractivity contribution in [2.45, 2.75) is 6.42 Å². The number of anilines is 2. The summed E-state index contributed by atoms with van der Waals surface area (Å²) in [6.07, 6.45) is 0.630. The number of carbonyl (C=O) groups excluding carboxylic acids is 2. The van der Waals surface area contributed by atoms with Gasteiger partial charge in [-0.25, -0.2) is 0 Å². The molecule has 4 rings (SSSR count). The van der Waals surface area contributed by atoms with Gasteiger partial charge in [-0.05, 0) is 64.7 Å². The minimum atomic E-state index is -0.166. The molecule has 2 N–H and O–H groups in total. The van der Waals surface area contributed by atoms with E-state index in [0.717, 1.165) is 11.1 Å². The van der Waals surface area contributed by atoms with Gasteiger partial charge < -0.3 is 20.1 Å². The molecule has 6 nitrogen and oxygen atoms in total. The molecule has 4 aromatic rings. The van der Waals surface area contributed by atoms with Crippen molar-refractivity contribution in [1.29, 1.82) is 0 Å². The molecule has 2 aromatic carbocycles. The maximum absolute atomic E-state index is 12.4. The van der Waals surface area contributed by atoms with E-state index in [1.54, 1.807) is 26.4 Å². The van der Waals surface area contributed by atoms with Crippen molar-refractivity contribution in [3.63, 3.8) is 0 Å². The molecule has 0 saturated carbocycles. The molecule has 0 fully saturated rings. The van der Waals surface area contributed by atoms with Crippen molar-refractivity contribution in [2.75, 3.05) is 24.9 Å². The third-order valence-corrected chi connectivity index (χ3v) is 6.66. The Hall–Kier alpha value is -3.62. The number of benzene rings is 2. The molecular formula is C25H22N2O4S2. The topological polar surface area (TPSA) is 76.7 Å². The second-order valence-corrected chi connectivity index (χ2v) is 9.00. The summed E-state index contributed by atoms with van der Waals surface area (Å²) in [7, 11) is 3.15. The predicted molar refractivity (Wildman–Crippen MR) is 133 cm³/mol. The van der Waals surface area contributed by atoms with E-state index in [2.05, 4.69) is 10.6 Å². The van der Waals surface area contributed by atoms with Gasteiger partial charge in [-0.3, -0.25) is 9.59 Å². The summed E-state index contributed by atoms with van der Waals surface area (Å²) >= 11 is 2.77. The van der Waals surface area contributed by atoms with Gasteiger partial charge in [0.1, 0.15) is 11.5 Å². The molecule has 0 spiro atoms. The van der Waals surface area contributed by atoms with Crippen LogP contribution in [0.25, 0.3) is 0 Å². The van der Waals surface area contributed by atoms with Crippen molar-refractivity contribution in [3.05, 3.63) is 92.3 Å². The van der Waals surface area contributed by atoms with E-state index in [9.17, 15) is 9.59 Å². The number of carbonyl (C=O) groups is 2. The lowest BCUT2D eigenvalue weighted by molar-refractivity contribution is 0.102. The molecule has 0 radical (unpaired) electrons. The Bertz CT molecular complexity index is 1150. The van der Waals surface area contributed by atoms with E-state index < -0.39 is 0 Å². The van der Waals surface area contributed by atoms with Crippen LogP contribution in [-0.4, -0.2) is 26.0 Å². The number of nitrogens with one attached hydrogen (secondary N) is 2. The molecule has 0 saturated heterocycles. The highest BCUT2D eigenvalue weighted by molar-refractivity contribution is 7.12. The van der Waals surface area contributed by atoms with Crippen molar-refractivity contribution < 1.29 is 19.1 Å². The molecule has 0 bridgehead atoms. The van der Waals surface area contributed by atoms with Crippen LogP contribution < -0.4 is 20.1 Å². The summed E-state index contributed by atoms with van der Waals surface area (Å²) in [5.41, 5.74) is 3.25. The van der Waals surface area contributed by atoms with Crippen molar-refractivity contribution in [2.24, 2.45) is 0 Å². The average molecular weight is 479 g/mol. The first-order chi connectivity index (χ1) is 16.1. The maximum Gasteiger partial charge on any atom is 0.265 e. The second kappa shape index (κ2) is 10.3. The molecule has 2 amide bonds. The smallest absolute Gasteiger partial charge is 0.265 e. The van der Waals surface area contributed by atoms with E-state index >= 15 is 0 Å². The molecule has 33 heavy (non-hydrogen) atoms. The Labute approximate surface area is 199 Å². The maximum atomic E-state index is 12.4. The molecule has 0 aliphatic heterocycles. The van der Waals surface area contributed by atoms with Crippen LogP contribution in [0.1, 0.15) is 30.5 Å². The number of rotatable bonds is 8. The number of thiophene rings is 2. The van der Waals surface area contributed by atoms with Crippen LogP contribution in [0.4, 0.5) is 11.4 Å². The van der Waals surface area contributed by atoms with Gasteiger partial charge in [0.2, 0.25) is 0 Å². The van der Waals surface area contributed by atoms with E-state index in [-0.39, 0.29) is 11.8 Å². The molecule has 8 heteroatoms. The first-order valence-corrected chi connectivity index (χ1v) is 11.9. The Morgan fingerprint density at radius 3 is 1.55 bits per heavy atom. The minimum Gasteiger partial charge on any atom is -0.495 e. The van der Waals surface area contributed by atoms with Crippen LogP contribution in [0, 0.1) is 0 Å². The highest BCUT2D eigenvalue weighted by Crippen LogP contribution is 2.30. The van der Waals surface area contributed by atoms with Crippen LogP contribution in [0.5, 0.6) is 11.5 Å². The Balaban J connectivity index is 1.48. The van der Waals surface area contributed by atoms with Crippen LogP contribution in [0.2, 0.25) is 0 Å². The monoisotopic (exact) mass is 478 g/mol. The lowest BCUT2D eigenvalue weighted by Crippen LogP contribution is -2.11. The minimum absolute atomic E-state index is 0.166.